The fourth-order valence-electron chi connectivity index (χ4n) is 1.84. The van der Waals surface area contributed by atoms with Crippen molar-refractivity contribution in [1.29, 1.82) is 0 Å². The number of aromatic amines is 1. The molecular formula is C15H11N3O5S. The highest BCUT2D eigenvalue weighted by molar-refractivity contribution is 7.99. The van der Waals surface area contributed by atoms with E-state index < -0.39 is 11.6 Å². The van der Waals surface area contributed by atoms with Crippen LogP contribution in [0, 0.1) is 6.92 Å². The van der Waals surface area contributed by atoms with Crippen LogP contribution in [0.5, 0.6) is 5.75 Å². The fraction of sp³-hybridized carbons (Fsp3) is 0.133. The van der Waals surface area contributed by atoms with Crippen molar-refractivity contribution < 1.29 is 13.9 Å². The standard InChI is InChI=1S/C15H11N3O5S/c1-8-14(21)16-15(18-17-8)24-7-13(20)22-10-4-2-9-3-5-12(19)23-11(9)6-10/h2-6H,7H2,1H3,(H,16,18,21). The van der Waals surface area contributed by atoms with Crippen LogP contribution < -0.4 is 15.9 Å². The number of aryl methyl sites for hydroxylation is 1. The van der Waals surface area contributed by atoms with E-state index in [9.17, 15) is 14.4 Å². The first-order valence-corrected chi connectivity index (χ1v) is 7.81. The molecule has 3 rings (SSSR count). The number of thioether (sulfide) groups is 1. The van der Waals surface area contributed by atoms with Crippen LogP contribution in [0.1, 0.15) is 5.69 Å². The Morgan fingerprint density at radius 2 is 2.04 bits per heavy atom. The molecule has 0 fully saturated rings. The maximum atomic E-state index is 11.9. The minimum absolute atomic E-state index is 0.0650. The van der Waals surface area contributed by atoms with E-state index in [4.69, 9.17) is 9.15 Å². The first-order valence-electron chi connectivity index (χ1n) is 6.82. The van der Waals surface area contributed by atoms with Gasteiger partial charge in [0, 0.05) is 17.5 Å². The molecule has 0 aliphatic heterocycles. The molecule has 0 unspecified atom stereocenters. The summed E-state index contributed by atoms with van der Waals surface area (Å²) in [7, 11) is 0. The topological polar surface area (TPSA) is 115 Å². The Morgan fingerprint density at radius 1 is 1.25 bits per heavy atom. The molecule has 0 spiro atoms. The minimum atomic E-state index is -0.541. The highest BCUT2D eigenvalue weighted by atomic mass is 32.2. The van der Waals surface area contributed by atoms with Crippen LogP contribution in [0.3, 0.4) is 0 Å². The normalized spacial score (nSPS) is 10.7. The molecule has 0 atom stereocenters. The third-order valence-corrected chi connectivity index (χ3v) is 3.83. The summed E-state index contributed by atoms with van der Waals surface area (Å²) >= 11 is 1.000. The van der Waals surface area contributed by atoms with Crippen LogP contribution in [0.4, 0.5) is 0 Å². The van der Waals surface area contributed by atoms with Crippen molar-refractivity contribution in [2.75, 3.05) is 5.75 Å². The first-order chi connectivity index (χ1) is 11.5. The van der Waals surface area contributed by atoms with Crippen molar-refractivity contribution in [2.24, 2.45) is 0 Å². The molecule has 122 valence electrons. The Morgan fingerprint density at radius 3 is 2.83 bits per heavy atom. The van der Waals surface area contributed by atoms with Crippen molar-refractivity contribution >= 4 is 28.7 Å². The van der Waals surface area contributed by atoms with E-state index in [1.807, 2.05) is 0 Å². The van der Waals surface area contributed by atoms with Crippen molar-refractivity contribution in [3.05, 3.63) is 56.8 Å². The zero-order valence-electron chi connectivity index (χ0n) is 12.4. The molecular weight excluding hydrogens is 334 g/mol. The number of rotatable bonds is 4. The largest absolute Gasteiger partial charge is 0.426 e. The number of nitrogens with one attached hydrogen (secondary N) is 1. The number of hydrogen-bond acceptors (Lipinski definition) is 8. The van der Waals surface area contributed by atoms with E-state index >= 15 is 0 Å². The Balaban J connectivity index is 1.67. The highest BCUT2D eigenvalue weighted by Gasteiger charge is 2.09. The number of nitrogens with zero attached hydrogens (tertiary/aromatic N) is 2. The van der Waals surface area contributed by atoms with Gasteiger partial charge in [-0.3, -0.25) is 14.6 Å². The number of aromatic nitrogens is 3. The lowest BCUT2D eigenvalue weighted by Crippen LogP contribution is -2.16. The smallest absolute Gasteiger partial charge is 0.336 e. The lowest BCUT2D eigenvalue weighted by molar-refractivity contribution is -0.131. The number of esters is 1. The van der Waals surface area contributed by atoms with Crippen LogP contribution in [-0.2, 0) is 4.79 Å². The van der Waals surface area contributed by atoms with Crippen LogP contribution in [0.25, 0.3) is 11.0 Å². The quantitative estimate of drug-likeness (QED) is 0.325. The molecule has 0 radical (unpaired) electrons. The van der Waals surface area contributed by atoms with E-state index in [2.05, 4.69) is 15.2 Å². The average Bonchev–Trinajstić information content (AvgIpc) is 2.55. The van der Waals surface area contributed by atoms with Gasteiger partial charge in [-0.15, -0.1) is 10.2 Å². The van der Waals surface area contributed by atoms with Gasteiger partial charge < -0.3 is 9.15 Å². The fourth-order valence-corrected chi connectivity index (χ4v) is 2.41. The van der Waals surface area contributed by atoms with Crippen molar-refractivity contribution in [3.63, 3.8) is 0 Å². The van der Waals surface area contributed by atoms with Gasteiger partial charge in [0.15, 0.2) is 5.16 Å². The number of benzene rings is 1. The van der Waals surface area contributed by atoms with E-state index in [0.29, 0.717) is 5.58 Å². The molecule has 0 aliphatic rings. The lowest BCUT2D eigenvalue weighted by Gasteiger charge is -2.04. The van der Waals surface area contributed by atoms with Crippen LogP contribution in [0.2, 0.25) is 0 Å². The second-order valence-corrected chi connectivity index (χ2v) is 5.73. The monoisotopic (exact) mass is 345 g/mol. The number of carbonyl (C=O) groups excluding carboxylic acids is 1. The molecule has 0 saturated heterocycles. The summed E-state index contributed by atoms with van der Waals surface area (Å²) in [6, 6.07) is 7.67. The number of H-pyrrole nitrogens is 1. The van der Waals surface area contributed by atoms with Gasteiger partial charge in [-0.2, -0.15) is 0 Å². The molecule has 24 heavy (non-hydrogen) atoms. The van der Waals surface area contributed by atoms with Gasteiger partial charge in [-0.05, 0) is 25.1 Å². The molecule has 1 N–H and O–H groups in total. The number of hydrogen-bond donors (Lipinski definition) is 1. The van der Waals surface area contributed by atoms with E-state index in [-0.39, 0.29) is 27.9 Å². The van der Waals surface area contributed by atoms with Crippen LogP contribution >= 0.6 is 11.8 Å². The molecule has 0 saturated carbocycles. The first kappa shape index (κ1) is 15.9. The molecule has 2 heterocycles. The molecule has 3 aromatic rings. The van der Waals surface area contributed by atoms with E-state index in [1.165, 1.54) is 19.1 Å². The van der Waals surface area contributed by atoms with Crippen LogP contribution in [-0.4, -0.2) is 26.9 Å². The van der Waals surface area contributed by atoms with Gasteiger partial charge in [0.25, 0.3) is 5.56 Å². The summed E-state index contributed by atoms with van der Waals surface area (Å²) in [4.78, 5) is 37.0. The predicted molar refractivity (Wildman–Crippen MR) is 86.2 cm³/mol. The lowest BCUT2D eigenvalue weighted by atomic mass is 10.2. The molecule has 9 heteroatoms. The average molecular weight is 345 g/mol. The van der Waals surface area contributed by atoms with Gasteiger partial charge >= 0.3 is 11.6 Å². The van der Waals surface area contributed by atoms with Gasteiger partial charge in [-0.1, -0.05) is 11.8 Å². The third kappa shape index (κ3) is 3.69. The molecule has 0 aliphatic carbocycles. The maximum absolute atomic E-state index is 11.9. The Kier molecular flexibility index (Phi) is 4.43. The second kappa shape index (κ2) is 6.67. The van der Waals surface area contributed by atoms with Gasteiger partial charge in [0.2, 0.25) is 0 Å². The minimum Gasteiger partial charge on any atom is -0.426 e. The number of fused-ring (bicyclic) bond motifs is 1. The van der Waals surface area contributed by atoms with Crippen molar-refractivity contribution in [3.8, 4) is 5.75 Å². The van der Waals surface area contributed by atoms with Crippen molar-refractivity contribution in [1.82, 2.24) is 15.2 Å². The predicted octanol–water partition coefficient (Wildman–Crippen LogP) is 1.28. The molecule has 0 bridgehead atoms. The van der Waals surface area contributed by atoms with Crippen molar-refractivity contribution in [2.45, 2.75) is 12.1 Å². The number of carbonyl (C=O) groups is 1. The zero-order chi connectivity index (χ0) is 17.1. The molecule has 0 amide bonds. The van der Waals surface area contributed by atoms with E-state index in [0.717, 1.165) is 17.1 Å². The van der Waals surface area contributed by atoms with Gasteiger partial charge in [-0.25, -0.2) is 4.79 Å². The SMILES string of the molecule is Cc1nnc(SCC(=O)Oc2ccc3ccc(=O)oc3c2)[nH]c1=O. The summed E-state index contributed by atoms with van der Waals surface area (Å²) < 4.78 is 10.2. The highest BCUT2D eigenvalue weighted by Crippen LogP contribution is 2.20. The zero-order valence-corrected chi connectivity index (χ0v) is 13.3. The number of ether oxygens (including phenoxy) is 1. The maximum Gasteiger partial charge on any atom is 0.336 e. The van der Waals surface area contributed by atoms with E-state index in [1.54, 1.807) is 18.2 Å². The summed E-state index contributed by atoms with van der Waals surface area (Å²) in [5.41, 5.74) is -0.261. The van der Waals surface area contributed by atoms with Gasteiger partial charge in [0.1, 0.15) is 17.0 Å². The summed E-state index contributed by atoms with van der Waals surface area (Å²) in [5.74, 6) is -0.350. The Labute approximate surface area is 138 Å². The summed E-state index contributed by atoms with van der Waals surface area (Å²) in [6.07, 6.45) is 0. The molecule has 8 nitrogen and oxygen atoms in total. The van der Waals surface area contributed by atoms with Crippen LogP contribution in [0.15, 0.2) is 49.5 Å². The second-order valence-electron chi connectivity index (χ2n) is 4.76. The molecule has 2 aromatic heterocycles. The molecule has 1 aromatic carbocycles. The summed E-state index contributed by atoms with van der Waals surface area (Å²) in [5, 5.41) is 8.39. The third-order valence-electron chi connectivity index (χ3n) is 2.99. The Bertz CT molecular complexity index is 1030. The summed E-state index contributed by atoms with van der Waals surface area (Å²) in [6.45, 7) is 1.53. The van der Waals surface area contributed by atoms with Gasteiger partial charge in [0.05, 0.1) is 5.75 Å². The Hall–Kier alpha value is -2.94.